The number of benzene rings is 1. The highest BCUT2D eigenvalue weighted by Gasteiger charge is 2.15. The van der Waals surface area contributed by atoms with Gasteiger partial charge in [0.2, 0.25) is 10.1 Å². The Bertz CT molecular complexity index is 746. The highest BCUT2D eigenvalue weighted by molar-refractivity contribution is 7.20. The largest absolute Gasteiger partial charge is 0.381 e. The third-order valence-electron chi connectivity index (χ3n) is 4.04. The number of fused-ring (bicyclic) bond motifs is 1. The first-order chi connectivity index (χ1) is 10.9. The number of nitrogens with one attached hydrogen (secondary N) is 1. The maximum absolute atomic E-state index is 5.40. The lowest BCUT2D eigenvalue weighted by molar-refractivity contribution is 0.0699. The van der Waals surface area contributed by atoms with Gasteiger partial charge in [0.15, 0.2) is 0 Å². The summed E-state index contributed by atoms with van der Waals surface area (Å²) in [4.78, 5) is 5.39. The van der Waals surface area contributed by atoms with Gasteiger partial charge in [-0.25, -0.2) is 9.50 Å². The van der Waals surface area contributed by atoms with Crippen LogP contribution in [0.3, 0.4) is 0 Å². The normalized spacial score (nSPS) is 16.2. The number of rotatable bonds is 4. The molecule has 1 aromatic carbocycles. The number of aromatic nitrogens is 3. The quantitative estimate of drug-likeness (QED) is 0.803. The lowest BCUT2D eigenvalue weighted by Crippen LogP contribution is -2.22. The Kier molecular flexibility index (Phi) is 3.78. The Morgan fingerprint density at radius 3 is 2.86 bits per heavy atom. The van der Waals surface area contributed by atoms with Crippen molar-refractivity contribution >= 4 is 21.4 Å². The van der Waals surface area contributed by atoms with E-state index < -0.39 is 0 Å². The van der Waals surface area contributed by atoms with Gasteiger partial charge in [0.05, 0.1) is 11.9 Å². The number of ether oxygens (including phenoxy) is 1. The van der Waals surface area contributed by atoms with Crippen LogP contribution in [0, 0.1) is 5.92 Å². The van der Waals surface area contributed by atoms with Crippen molar-refractivity contribution in [3.63, 3.8) is 0 Å². The van der Waals surface area contributed by atoms with Crippen molar-refractivity contribution in [3.05, 3.63) is 36.5 Å². The molecular formula is C16H18N4OS. The molecule has 1 N–H and O–H groups in total. The first-order valence-electron chi connectivity index (χ1n) is 7.62. The van der Waals surface area contributed by atoms with Gasteiger partial charge in [-0.3, -0.25) is 0 Å². The minimum absolute atomic E-state index is 0.679. The molecule has 6 heteroatoms. The molecular weight excluding hydrogens is 296 g/mol. The monoisotopic (exact) mass is 314 g/mol. The highest BCUT2D eigenvalue weighted by atomic mass is 32.1. The van der Waals surface area contributed by atoms with Crippen LogP contribution in [0.15, 0.2) is 36.5 Å². The molecule has 0 amide bonds. The van der Waals surface area contributed by atoms with Crippen molar-refractivity contribution in [2.24, 2.45) is 5.92 Å². The van der Waals surface area contributed by atoms with Crippen LogP contribution in [-0.4, -0.2) is 34.4 Å². The Balaban J connectivity index is 1.52. The molecule has 0 bridgehead atoms. The second-order valence-electron chi connectivity index (χ2n) is 5.55. The SMILES string of the molecule is c1ccc(-c2cnc3sc(NCC4CCOCC4)nn23)cc1. The summed E-state index contributed by atoms with van der Waals surface area (Å²) in [5.74, 6) is 0.679. The second-order valence-corrected chi connectivity index (χ2v) is 6.50. The minimum atomic E-state index is 0.679. The summed E-state index contributed by atoms with van der Waals surface area (Å²) in [6, 6.07) is 10.2. The van der Waals surface area contributed by atoms with Crippen molar-refractivity contribution in [2.75, 3.05) is 25.1 Å². The van der Waals surface area contributed by atoms with Crippen LogP contribution in [0.1, 0.15) is 12.8 Å². The molecule has 1 saturated heterocycles. The summed E-state index contributed by atoms with van der Waals surface area (Å²) in [7, 11) is 0. The fourth-order valence-electron chi connectivity index (χ4n) is 2.75. The zero-order chi connectivity index (χ0) is 14.8. The fraction of sp³-hybridized carbons (Fsp3) is 0.375. The maximum atomic E-state index is 5.40. The molecule has 5 nitrogen and oxygen atoms in total. The molecule has 0 radical (unpaired) electrons. The number of imidazole rings is 1. The van der Waals surface area contributed by atoms with Crippen molar-refractivity contribution < 1.29 is 4.74 Å². The van der Waals surface area contributed by atoms with Crippen LogP contribution in [-0.2, 0) is 4.74 Å². The van der Waals surface area contributed by atoms with Gasteiger partial charge in [-0.2, -0.15) is 0 Å². The van der Waals surface area contributed by atoms with E-state index in [1.807, 2.05) is 28.9 Å². The van der Waals surface area contributed by atoms with E-state index in [9.17, 15) is 0 Å². The molecule has 0 aliphatic carbocycles. The number of hydrogen-bond acceptors (Lipinski definition) is 5. The summed E-state index contributed by atoms with van der Waals surface area (Å²) in [5, 5.41) is 9.06. The third-order valence-corrected chi connectivity index (χ3v) is 4.92. The Morgan fingerprint density at radius 1 is 1.23 bits per heavy atom. The van der Waals surface area contributed by atoms with E-state index in [0.29, 0.717) is 5.92 Å². The van der Waals surface area contributed by atoms with E-state index >= 15 is 0 Å². The summed E-state index contributed by atoms with van der Waals surface area (Å²) in [5.41, 5.74) is 2.17. The Hall–Kier alpha value is -1.92. The molecule has 2 aromatic heterocycles. The molecule has 0 unspecified atom stereocenters. The molecule has 1 fully saturated rings. The van der Waals surface area contributed by atoms with Crippen LogP contribution in [0.2, 0.25) is 0 Å². The molecule has 1 aliphatic rings. The van der Waals surface area contributed by atoms with Crippen LogP contribution in [0.5, 0.6) is 0 Å². The van der Waals surface area contributed by atoms with Crippen molar-refractivity contribution in [1.29, 1.82) is 0 Å². The van der Waals surface area contributed by atoms with Gasteiger partial charge in [0, 0.05) is 25.3 Å². The van der Waals surface area contributed by atoms with E-state index in [0.717, 1.165) is 53.9 Å². The number of hydrogen-bond donors (Lipinski definition) is 1. The number of nitrogens with zero attached hydrogens (tertiary/aromatic N) is 3. The summed E-state index contributed by atoms with van der Waals surface area (Å²) >= 11 is 1.60. The van der Waals surface area contributed by atoms with Crippen molar-refractivity contribution in [2.45, 2.75) is 12.8 Å². The topological polar surface area (TPSA) is 51.5 Å². The predicted octanol–water partition coefficient (Wildman–Crippen LogP) is 3.30. The van der Waals surface area contributed by atoms with Crippen molar-refractivity contribution in [3.8, 4) is 11.3 Å². The van der Waals surface area contributed by atoms with E-state index in [2.05, 4.69) is 27.5 Å². The standard InChI is InChI=1S/C16H18N4OS/c1-2-4-13(5-3-1)14-11-18-16-20(14)19-15(22-16)17-10-12-6-8-21-9-7-12/h1-5,11-12H,6-10H2,(H,17,19). The molecule has 0 saturated carbocycles. The van der Waals surface area contributed by atoms with Gasteiger partial charge in [-0.1, -0.05) is 41.7 Å². The molecule has 0 spiro atoms. The first-order valence-corrected chi connectivity index (χ1v) is 8.43. The second kappa shape index (κ2) is 6.06. The molecule has 1 aliphatic heterocycles. The van der Waals surface area contributed by atoms with E-state index in [1.54, 1.807) is 11.3 Å². The maximum Gasteiger partial charge on any atom is 0.214 e. The van der Waals surface area contributed by atoms with E-state index in [4.69, 9.17) is 4.74 Å². The Labute approximate surface area is 133 Å². The first kappa shape index (κ1) is 13.7. The molecule has 0 atom stereocenters. The highest BCUT2D eigenvalue weighted by Crippen LogP contribution is 2.26. The van der Waals surface area contributed by atoms with Crippen molar-refractivity contribution in [1.82, 2.24) is 14.6 Å². The molecule has 4 rings (SSSR count). The van der Waals surface area contributed by atoms with Crippen LogP contribution >= 0.6 is 11.3 Å². The lowest BCUT2D eigenvalue weighted by atomic mass is 10.0. The van der Waals surface area contributed by atoms with Gasteiger partial charge in [-0.05, 0) is 18.8 Å². The predicted molar refractivity (Wildman–Crippen MR) is 88.3 cm³/mol. The van der Waals surface area contributed by atoms with Gasteiger partial charge >= 0.3 is 0 Å². The molecule has 3 aromatic rings. The average molecular weight is 314 g/mol. The van der Waals surface area contributed by atoms with E-state index in [1.165, 1.54) is 0 Å². The minimum Gasteiger partial charge on any atom is -0.381 e. The van der Waals surface area contributed by atoms with Gasteiger partial charge in [0.1, 0.15) is 0 Å². The van der Waals surface area contributed by atoms with Crippen LogP contribution in [0.25, 0.3) is 16.2 Å². The number of anilines is 1. The summed E-state index contributed by atoms with van der Waals surface area (Å²) < 4.78 is 7.32. The van der Waals surface area contributed by atoms with Gasteiger partial charge in [-0.15, -0.1) is 5.10 Å². The zero-order valence-corrected chi connectivity index (χ0v) is 13.1. The van der Waals surface area contributed by atoms with Crippen LogP contribution < -0.4 is 5.32 Å². The smallest absolute Gasteiger partial charge is 0.214 e. The lowest BCUT2D eigenvalue weighted by Gasteiger charge is -2.21. The summed E-state index contributed by atoms with van der Waals surface area (Å²) in [6.45, 7) is 2.72. The van der Waals surface area contributed by atoms with Gasteiger partial charge in [0.25, 0.3) is 0 Å². The molecule has 3 heterocycles. The van der Waals surface area contributed by atoms with Gasteiger partial charge < -0.3 is 10.1 Å². The zero-order valence-electron chi connectivity index (χ0n) is 12.2. The molecule has 22 heavy (non-hydrogen) atoms. The average Bonchev–Trinajstić information content (AvgIpc) is 3.15. The molecule has 114 valence electrons. The van der Waals surface area contributed by atoms with Crippen LogP contribution in [0.4, 0.5) is 5.13 Å². The fourth-order valence-corrected chi connectivity index (χ4v) is 3.53. The third kappa shape index (κ3) is 2.71. The summed E-state index contributed by atoms with van der Waals surface area (Å²) in [6.07, 6.45) is 4.14. The van der Waals surface area contributed by atoms with E-state index in [-0.39, 0.29) is 0 Å². The Morgan fingerprint density at radius 2 is 2.05 bits per heavy atom.